The number of Topliss-reactive ketones (excluding diaryl/α,β-unsaturated/α-hetero) is 1. The number of nitrogens with one attached hydrogen (secondary N) is 1. The molecule has 12 heteroatoms. The number of ketones is 1. The summed E-state index contributed by atoms with van der Waals surface area (Å²) < 4.78 is 32.8. The molecule has 3 aliphatic rings. The lowest BCUT2D eigenvalue weighted by Gasteiger charge is -2.31. The fourth-order valence-corrected chi connectivity index (χ4v) is 6.09. The van der Waals surface area contributed by atoms with E-state index in [1.54, 1.807) is 27.7 Å². The lowest BCUT2D eigenvalue weighted by atomic mass is 9.86. The number of alkyl halides is 2. The minimum Gasteiger partial charge on any atom is -0.443 e. The topological polar surface area (TPSA) is 122 Å². The van der Waals surface area contributed by atoms with Gasteiger partial charge in [0.05, 0.1) is 12.1 Å². The maximum atomic E-state index is 13.8. The largest absolute Gasteiger partial charge is 0.443 e. The molecule has 204 valence electrons. The zero-order chi connectivity index (χ0) is 27.4. The van der Waals surface area contributed by atoms with Crippen LogP contribution in [0.2, 0.25) is 0 Å². The van der Waals surface area contributed by atoms with Crippen molar-refractivity contribution in [3.63, 3.8) is 0 Å². The third-order valence-corrected chi connectivity index (χ3v) is 8.55. The van der Waals surface area contributed by atoms with Gasteiger partial charge >= 0.3 is 12.1 Å². The number of primary amides is 1. The summed E-state index contributed by atoms with van der Waals surface area (Å²) in [5, 5.41) is 1.17. The van der Waals surface area contributed by atoms with Gasteiger partial charge in [-0.1, -0.05) is 6.92 Å². The lowest BCUT2D eigenvalue weighted by molar-refractivity contribution is -0.121. The average molecular weight is 541 g/mol. The second-order valence-corrected chi connectivity index (χ2v) is 12.5. The molecule has 1 aromatic rings. The number of hydrazine groups is 1. The highest BCUT2D eigenvalue weighted by Gasteiger charge is 2.58. The van der Waals surface area contributed by atoms with Gasteiger partial charge < -0.3 is 15.4 Å². The molecule has 4 atom stereocenters. The Bertz CT molecular complexity index is 1130. The minimum atomic E-state index is -2.82. The molecule has 2 aliphatic carbocycles. The van der Waals surface area contributed by atoms with Crippen molar-refractivity contribution in [2.75, 3.05) is 11.4 Å². The van der Waals surface area contributed by atoms with Crippen LogP contribution in [0, 0.1) is 30.6 Å². The van der Waals surface area contributed by atoms with Gasteiger partial charge in [-0.15, -0.1) is 11.3 Å². The second-order valence-electron chi connectivity index (χ2n) is 11.4. The summed E-state index contributed by atoms with van der Waals surface area (Å²) >= 11 is 1.07. The molecule has 0 radical (unpaired) electrons. The van der Waals surface area contributed by atoms with Gasteiger partial charge in [0, 0.05) is 23.8 Å². The van der Waals surface area contributed by atoms with E-state index < -0.39 is 41.4 Å². The van der Waals surface area contributed by atoms with Crippen LogP contribution in [-0.4, -0.2) is 46.9 Å². The summed E-state index contributed by atoms with van der Waals surface area (Å²) in [5.41, 5.74) is 7.81. The van der Waals surface area contributed by atoms with Gasteiger partial charge in [0.15, 0.2) is 5.78 Å². The van der Waals surface area contributed by atoms with E-state index in [0.29, 0.717) is 39.3 Å². The van der Waals surface area contributed by atoms with Crippen LogP contribution < -0.4 is 16.1 Å². The highest BCUT2D eigenvalue weighted by Crippen LogP contribution is 2.52. The molecular formula is C25H34F2N4O5S. The first-order chi connectivity index (χ1) is 17.1. The van der Waals surface area contributed by atoms with Gasteiger partial charge in [-0.2, -0.15) is 0 Å². The van der Waals surface area contributed by atoms with E-state index >= 15 is 0 Å². The van der Waals surface area contributed by atoms with Gasteiger partial charge in [0.2, 0.25) is 5.91 Å². The molecule has 1 aromatic heterocycles. The molecule has 0 bridgehead atoms. The lowest BCUT2D eigenvalue weighted by Crippen LogP contribution is -2.49. The summed E-state index contributed by atoms with van der Waals surface area (Å²) in [7, 11) is 0. The van der Waals surface area contributed by atoms with Crippen LogP contribution in [0.4, 0.5) is 23.4 Å². The third-order valence-electron chi connectivity index (χ3n) is 7.25. The predicted octanol–water partition coefficient (Wildman–Crippen LogP) is 4.61. The normalized spacial score (nSPS) is 26.0. The first-order valence-corrected chi connectivity index (χ1v) is 13.3. The number of anilines is 1. The first kappa shape index (κ1) is 27.3. The summed E-state index contributed by atoms with van der Waals surface area (Å²) in [5.74, 6) is -4.42. The van der Waals surface area contributed by atoms with Gasteiger partial charge in [-0.25, -0.2) is 28.8 Å². The molecule has 37 heavy (non-hydrogen) atoms. The Hall–Kier alpha value is -2.76. The number of halogens is 2. The van der Waals surface area contributed by atoms with Gasteiger partial charge in [-0.05, 0) is 64.4 Å². The fraction of sp³-hybridized carbons (Fsp3) is 0.680. The Morgan fingerprint density at radius 1 is 1.27 bits per heavy atom. The van der Waals surface area contributed by atoms with Crippen LogP contribution in [0.15, 0.2) is 0 Å². The van der Waals surface area contributed by atoms with E-state index in [4.69, 9.17) is 10.5 Å². The molecule has 2 saturated carbocycles. The number of amides is 4. The van der Waals surface area contributed by atoms with Crippen molar-refractivity contribution < 1.29 is 32.7 Å². The Morgan fingerprint density at radius 2 is 1.89 bits per heavy atom. The van der Waals surface area contributed by atoms with Crippen molar-refractivity contribution in [2.45, 2.75) is 78.4 Å². The van der Waals surface area contributed by atoms with E-state index in [1.807, 2.05) is 0 Å². The quantitative estimate of drug-likeness (QED) is 0.386. The van der Waals surface area contributed by atoms with Crippen LogP contribution >= 0.6 is 11.3 Å². The molecule has 3 N–H and O–H groups in total. The van der Waals surface area contributed by atoms with Gasteiger partial charge in [0.1, 0.15) is 16.5 Å². The summed E-state index contributed by atoms with van der Waals surface area (Å²) in [6.45, 7) is 8.46. The smallest absolute Gasteiger partial charge is 0.426 e. The van der Waals surface area contributed by atoms with Gasteiger partial charge in [0.25, 0.3) is 5.92 Å². The second kappa shape index (κ2) is 9.52. The number of urea groups is 1. The zero-order valence-corrected chi connectivity index (χ0v) is 22.5. The minimum absolute atomic E-state index is 0.169. The van der Waals surface area contributed by atoms with E-state index in [9.17, 15) is 28.0 Å². The number of carbonyl (C=O) groups is 4. The molecule has 2 unspecified atom stereocenters. The van der Waals surface area contributed by atoms with E-state index in [1.165, 1.54) is 4.90 Å². The van der Waals surface area contributed by atoms with Crippen LogP contribution in [0.5, 0.6) is 0 Å². The van der Waals surface area contributed by atoms with Crippen molar-refractivity contribution in [1.82, 2.24) is 10.4 Å². The highest BCUT2D eigenvalue weighted by atomic mass is 32.1. The van der Waals surface area contributed by atoms with E-state index in [-0.39, 0.29) is 25.3 Å². The van der Waals surface area contributed by atoms with Crippen LogP contribution in [0.1, 0.15) is 74.2 Å². The SMILES string of the molecule is Cc1c(CN(NC(=O)OC(C)(C)C)C(N)=O)sc2c1C(=O)C(CC[C@H]1C[C@@H]1C)C(=O)N2CC1CC1(F)F. The molecule has 0 aromatic carbocycles. The monoisotopic (exact) mass is 540 g/mol. The maximum absolute atomic E-state index is 13.8. The van der Waals surface area contributed by atoms with Crippen LogP contribution in [0.25, 0.3) is 0 Å². The molecule has 1 aliphatic heterocycles. The number of ether oxygens (including phenoxy) is 1. The molecule has 0 saturated heterocycles. The number of hydrogen-bond donors (Lipinski definition) is 2. The highest BCUT2D eigenvalue weighted by molar-refractivity contribution is 7.17. The number of rotatable bonds is 7. The molecule has 9 nitrogen and oxygen atoms in total. The summed E-state index contributed by atoms with van der Waals surface area (Å²) in [6.07, 6.45) is 0.993. The van der Waals surface area contributed by atoms with Crippen molar-refractivity contribution in [1.29, 1.82) is 0 Å². The summed E-state index contributed by atoms with van der Waals surface area (Å²) in [4.78, 5) is 53.1. The Morgan fingerprint density at radius 3 is 2.41 bits per heavy atom. The first-order valence-electron chi connectivity index (χ1n) is 12.5. The van der Waals surface area contributed by atoms with Crippen molar-refractivity contribution >= 4 is 40.2 Å². The van der Waals surface area contributed by atoms with Crippen molar-refractivity contribution in [2.24, 2.45) is 29.4 Å². The van der Waals surface area contributed by atoms with Crippen LogP contribution in [0.3, 0.4) is 0 Å². The van der Waals surface area contributed by atoms with E-state index in [2.05, 4.69) is 12.3 Å². The van der Waals surface area contributed by atoms with Crippen molar-refractivity contribution in [3.8, 4) is 0 Å². The molecular weight excluding hydrogens is 506 g/mol. The predicted molar refractivity (Wildman–Crippen MR) is 133 cm³/mol. The molecule has 4 amide bonds. The zero-order valence-electron chi connectivity index (χ0n) is 21.7. The molecule has 2 fully saturated rings. The summed E-state index contributed by atoms with van der Waals surface area (Å²) in [6, 6.07) is -0.954. The molecule has 0 spiro atoms. The number of nitrogens with two attached hydrogens (primary N) is 1. The Labute approximate surface area is 218 Å². The maximum Gasteiger partial charge on any atom is 0.426 e. The molecule has 4 rings (SSSR count). The van der Waals surface area contributed by atoms with Crippen LogP contribution in [-0.2, 0) is 16.1 Å². The standard InChI is InChI=1S/C25H34F2N4O5S/c1-12-8-14(12)6-7-16-19(32)18-13(2)17(11-31(22(28)34)29-23(35)36-24(3,4)5)37-21(18)30(20(16)33)10-15-9-25(15,26)27/h12,14-16H,6-11H2,1-5H3,(H2,28,34)(H,29,35)/t12-,14-,15?,16?/m0/s1. The van der Waals surface area contributed by atoms with E-state index in [0.717, 1.165) is 29.2 Å². The van der Waals surface area contributed by atoms with Gasteiger partial charge in [-0.3, -0.25) is 9.59 Å². The average Bonchev–Trinajstić information content (AvgIpc) is 3.58. The Balaban J connectivity index is 1.61. The number of nitrogens with zero attached hydrogens (tertiary/aromatic N) is 2. The van der Waals surface area contributed by atoms with Crippen molar-refractivity contribution in [3.05, 3.63) is 16.0 Å². The third kappa shape index (κ3) is 5.89. The Kier molecular flexibility index (Phi) is 7.02. The number of hydrogen-bond acceptors (Lipinski definition) is 6. The number of fused-ring (bicyclic) bond motifs is 1. The molecule has 2 heterocycles. The number of carbonyl (C=O) groups excluding carboxylic acids is 4. The number of thiophene rings is 1. The fourth-order valence-electron chi connectivity index (χ4n) is 4.77.